The van der Waals surface area contributed by atoms with Crippen molar-refractivity contribution >= 4 is 17.4 Å². The number of benzene rings is 1. The van der Waals surface area contributed by atoms with Crippen LogP contribution in [-0.4, -0.2) is 21.2 Å². The molecule has 6 heteroatoms. The van der Waals surface area contributed by atoms with Gasteiger partial charge in [0.2, 0.25) is 0 Å². The molecule has 1 amide bonds. The Morgan fingerprint density at radius 1 is 1.30 bits per heavy atom. The first-order valence-electron chi connectivity index (χ1n) is 6.27. The maximum Gasteiger partial charge on any atom is 0.299 e. The summed E-state index contributed by atoms with van der Waals surface area (Å²) in [6.07, 6.45) is 3.43. The van der Waals surface area contributed by atoms with Crippen LogP contribution in [-0.2, 0) is 17.9 Å². The first-order valence-corrected chi connectivity index (χ1v) is 6.27. The van der Waals surface area contributed by atoms with Crippen molar-refractivity contribution in [1.29, 1.82) is 0 Å². The number of aromatic nitrogens is 2. The Morgan fingerprint density at radius 3 is 2.85 bits per heavy atom. The summed E-state index contributed by atoms with van der Waals surface area (Å²) < 4.78 is 15.2. The van der Waals surface area contributed by atoms with Crippen LogP contribution < -0.4 is 4.90 Å². The number of imidazole rings is 1. The molecule has 0 saturated carbocycles. The number of aryl methyl sites for hydroxylation is 1. The Kier molecular flexibility index (Phi) is 2.85. The molecule has 5 nitrogen and oxygen atoms in total. The fourth-order valence-corrected chi connectivity index (χ4v) is 2.35. The molecule has 0 fully saturated rings. The van der Waals surface area contributed by atoms with Crippen molar-refractivity contribution in [2.45, 2.75) is 20.0 Å². The average Bonchev–Trinajstić information content (AvgIpc) is 2.98. The van der Waals surface area contributed by atoms with Crippen molar-refractivity contribution in [3.05, 3.63) is 47.8 Å². The normalized spacial score (nSPS) is 14.0. The van der Waals surface area contributed by atoms with E-state index in [1.54, 1.807) is 12.4 Å². The number of nitrogens with zero attached hydrogens (tertiary/aromatic N) is 3. The minimum Gasteiger partial charge on any atom is -0.334 e. The summed E-state index contributed by atoms with van der Waals surface area (Å²) in [4.78, 5) is 29.3. The lowest BCUT2D eigenvalue weighted by molar-refractivity contribution is -0.114. The Morgan fingerprint density at radius 2 is 2.10 bits per heavy atom. The van der Waals surface area contributed by atoms with Gasteiger partial charge in [-0.25, -0.2) is 9.37 Å². The molecule has 1 aromatic heterocycles. The van der Waals surface area contributed by atoms with Gasteiger partial charge in [-0.15, -0.1) is 0 Å². The number of fused-ring (bicyclic) bond motifs is 1. The predicted molar refractivity (Wildman–Crippen MR) is 69.8 cm³/mol. The SMILES string of the molecule is CCn1ccnc1CN1C(=O)C(=O)c2ccc(F)cc21. The van der Waals surface area contributed by atoms with Gasteiger partial charge in [0.25, 0.3) is 11.7 Å². The zero-order chi connectivity index (χ0) is 14.3. The number of Topliss-reactive ketones (excluding diaryl/α,β-unsaturated/α-hetero) is 1. The van der Waals surface area contributed by atoms with Crippen molar-refractivity contribution in [3.8, 4) is 0 Å². The summed E-state index contributed by atoms with van der Waals surface area (Å²) in [5, 5.41) is 0. The lowest BCUT2D eigenvalue weighted by Crippen LogP contribution is -2.30. The molecule has 0 spiro atoms. The molecular weight excluding hydrogens is 261 g/mol. The molecule has 0 saturated heterocycles. The molecule has 0 N–H and O–H groups in total. The van der Waals surface area contributed by atoms with Crippen LogP contribution in [0.3, 0.4) is 0 Å². The van der Waals surface area contributed by atoms with Crippen molar-refractivity contribution in [3.63, 3.8) is 0 Å². The van der Waals surface area contributed by atoms with Crippen LogP contribution >= 0.6 is 0 Å². The van der Waals surface area contributed by atoms with Crippen LogP contribution in [0.5, 0.6) is 0 Å². The van der Waals surface area contributed by atoms with Gasteiger partial charge in [0.1, 0.15) is 11.6 Å². The number of ketones is 1. The average molecular weight is 273 g/mol. The second-order valence-corrected chi connectivity index (χ2v) is 4.51. The van der Waals surface area contributed by atoms with Gasteiger partial charge < -0.3 is 4.57 Å². The van der Waals surface area contributed by atoms with Crippen molar-refractivity contribution in [2.75, 3.05) is 4.90 Å². The number of carbonyl (C=O) groups is 2. The van der Waals surface area contributed by atoms with E-state index in [1.807, 2.05) is 11.5 Å². The van der Waals surface area contributed by atoms with Crippen LogP contribution in [0.15, 0.2) is 30.6 Å². The zero-order valence-electron chi connectivity index (χ0n) is 10.8. The minimum absolute atomic E-state index is 0.155. The van der Waals surface area contributed by atoms with Gasteiger partial charge in [0.05, 0.1) is 17.8 Å². The maximum atomic E-state index is 13.3. The molecule has 0 unspecified atom stereocenters. The number of anilines is 1. The Labute approximate surface area is 114 Å². The third-order valence-electron chi connectivity index (χ3n) is 3.38. The molecule has 1 aliphatic rings. The van der Waals surface area contributed by atoms with Gasteiger partial charge in [-0.2, -0.15) is 0 Å². The quantitative estimate of drug-likeness (QED) is 0.801. The van der Waals surface area contributed by atoms with E-state index >= 15 is 0 Å². The van der Waals surface area contributed by atoms with Gasteiger partial charge in [-0.1, -0.05) is 0 Å². The van der Waals surface area contributed by atoms with E-state index in [0.29, 0.717) is 18.1 Å². The topological polar surface area (TPSA) is 55.2 Å². The van der Waals surface area contributed by atoms with E-state index < -0.39 is 17.5 Å². The highest BCUT2D eigenvalue weighted by Gasteiger charge is 2.36. The van der Waals surface area contributed by atoms with E-state index in [1.165, 1.54) is 23.1 Å². The van der Waals surface area contributed by atoms with Gasteiger partial charge in [0.15, 0.2) is 0 Å². The Hall–Kier alpha value is -2.50. The number of hydrogen-bond acceptors (Lipinski definition) is 3. The van der Waals surface area contributed by atoms with Gasteiger partial charge in [0, 0.05) is 18.9 Å². The highest BCUT2D eigenvalue weighted by molar-refractivity contribution is 6.52. The fraction of sp³-hybridized carbons (Fsp3) is 0.214. The summed E-state index contributed by atoms with van der Waals surface area (Å²) in [7, 11) is 0. The van der Waals surface area contributed by atoms with Gasteiger partial charge in [-0.05, 0) is 25.1 Å². The highest BCUT2D eigenvalue weighted by atomic mass is 19.1. The summed E-state index contributed by atoms with van der Waals surface area (Å²) >= 11 is 0. The van der Waals surface area contributed by atoms with E-state index in [2.05, 4.69) is 4.98 Å². The molecule has 0 radical (unpaired) electrons. The number of hydrogen-bond donors (Lipinski definition) is 0. The minimum atomic E-state index is -0.642. The summed E-state index contributed by atoms with van der Waals surface area (Å²) in [6.45, 7) is 2.82. The van der Waals surface area contributed by atoms with Crippen LogP contribution in [0, 0.1) is 5.82 Å². The first kappa shape index (κ1) is 12.5. The predicted octanol–water partition coefficient (Wildman–Crippen LogP) is 1.77. The zero-order valence-corrected chi connectivity index (χ0v) is 10.8. The molecule has 2 heterocycles. The summed E-state index contributed by atoms with van der Waals surface area (Å²) in [5.41, 5.74) is 0.552. The molecule has 0 aliphatic carbocycles. The largest absolute Gasteiger partial charge is 0.334 e. The maximum absolute atomic E-state index is 13.3. The molecule has 1 aromatic carbocycles. The number of amides is 1. The van der Waals surface area contributed by atoms with Crippen LogP contribution in [0.25, 0.3) is 0 Å². The van der Waals surface area contributed by atoms with Crippen LogP contribution in [0.1, 0.15) is 23.1 Å². The number of carbonyl (C=O) groups excluding carboxylic acids is 2. The number of halogens is 1. The lowest BCUT2D eigenvalue weighted by Gasteiger charge is -2.16. The number of rotatable bonds is 3. The van der Waals surface area contributed by atoms with Crippen LogP contribution in [0.4, 0.5) is 10.1 Å². The molecular formula is C14H12FN3O2. The standard InChI is InChI=1S/C14H12FN3O2/c1-2-17-6-5-16-12(17)8-18-11-7-9(15)3-4-10(11)13(19)14(18)20/h3-7H,2,8H2,1H3. The van der Waals surface area contributed by atoms with Crippen molar-refractivity contribution in [2.24, 2.45) is 0 Å². The highest BCUT2D eigenvalue weighted by Crippen LogP contribution is 2.30. The van der Waals surface area contributed by atoms with E-state index in [9.17, 15) is 14.0 Å². The second kappa shape index (κ2) is 4.56. The molecule has 1 aliphatic heterocycles. The van der Waals surface area contributed by atoms with E-state index in [-0.39, 0.29) is 12.1 Å². The van der Waals surface area contributed by atoms with Crippen molar-refractivity contribution < 1.29 is 14.0 Å². The molecule has 0 bridgehead atoms. The fourth-order valence-electron chi connectivity index (χ4n) is 2.35. The van der Waals surface area contributed by atoms with E-state index in [4.69, 9.17) is 0 Å². The summed E-state index contributed by atoms with van der Waals surface area (Å²) in [5.74, 6) is -1.06. The second-order valence-electron chi connectivity index (χ2n) is 4.51. The molecule has 3 rings (SSSR count). The molecule has 2 aromatic rings. The van der Waals surface area contributed by atoms with Crippen LogP contribution in [0.2, 0.25) is 0 Å². The molecule has 102 valence electrons. The van der Waals surface area contributed by atoms with Gasteiger partial charge in [-0.3, -0.25) is 14.5 Å². The monoisotopic (exact) mass is 273 g/mol. The molecule has 20 heavy (non-hydrogen) atoms. The smallest absolute Gasteiger partial charge is 0.299 e. The van der Waals surface area contributed by atoms with E-state index in [0.717, 1.165) is 0 Å². The third-order valence-corrected chi connectivity index (χ3v) is 3.38. The van der Waals surface area contributed by atoms with Gasteiger partial charge >= 0.3 is 0 Å². The van der Waals surface area contributed by atoms with Crippen molar-refractivity contribution in [1.82, 2.24) is 9.55 Å². The molecule has 0 atom stereocenters. The lowest BCUT2D eigenvalue weighted by atomic mass is 10.1. The third kappa shape index (κ3) is 1.80. The Balaban J connectivity index is 2.01. The summed E-state index contributed by atoms with van der Waals surface area (Å²) in [6, 6.07) is 3.73. The first-order chi connectivity index (χ1) is 9.61. The Bertz CT molecular complexity index is 708.